The van der Waals surface area contributed by atoms with Crippen molar-refractivity contribution in [3.63, 3.8) is 0 Å². The van der Waals surface area contributed by atoms with Gasteiger partial charge in [-0.25, -0.2) is 0 Å². The summed E-state index contributed by atoms with van der Waals surface area (Å²) in [5, 5.41) is 10.0. The molecule has 298 valence electrons. The van der Waals surface area contributed by atoms with Crippen molar-refractivity contribution in [2.45, 2.75) is 0 Å². The zero-order chi connectivity index (χ0) is 42.1. The molecule has 0 unspecified atom stereocenters. The van der Waals surface area contributed by atoms with Crippen LogP contribution in [0.5, 0.6) is 0 Å². The number of hydrogen-bond acceptors (Lipinski definition) is 0. The normalized spacial score (nSPS) is 11.8. The van der Waals surface area contributed by atoms with Gasteiger partial charge in [-0.3, -0.25) is 0 Å². The Balaban J connectivity index is 0.938. The molecular formula is C62H40N2. The lowest BCUT2D eigenvalue weighted by Crippen LogP contribution is -1.95. The maximum atomic E-state index is 2.43. The van der Waals surface area contributed by atoms with Crippen LogP contribution in [0.4, 0.5) is 0 Å². The molecule has 11 aromatic carbocycles. The highest BCUT2D eigenvalue weighted by Crippen LogP contribution is 2.46. The van der Waals surface area contributed by atoms with Gasteiger partial charge in [-0.1, -0.05) is 182 Å². The lowest BCUT2D eigenvalue weighted by molar-refractivity contribution is 1.18. The predicted molar refractivity (Wildman–Crippen MR) is 272 cm³/mol. The number of fused-ring (bicyclic) bond motifs is 8. The van der Waals surface area contributed by atoms with Gasteiger partial charge in [-0.15, -0.1) is 0 Å². The van der Waals surface area contributed by atoms with Crippen molar-refractivity contribution in [1.29, 1.82) is 0 Å². The Bertz CT molecular complexity index is 3870. The molecule has 0 radical (unpaired) electrons. The molecule has 0 fully saturated rings. The van der Waals surface area contributed by atoms with Gasteiger partial charge in [-0.2, -0.15) is 0 Å². The second-order valence-corrected chi connectivity index (χ2v) is 16.8. The average Bonchev–Trinajstić information content (AvgIpc) is 3.88. The summed E-state index contributed by atoms with van der Waals surface area (Å²) in [6.45, 7) is 0. The molecule has 2 heteroatoms. The summed E-state index contributed by atoms with van der Waals surface area (Å²) in [5.41, 5.74) is 17.0. The molecule has 0 saturated carbocycles. The van der Waals surface area contributed by atoms with E-state index in [9.17, 15) is 0 Å². The topological polar surface area (TPSA) is 9.86 Å². The first-order chi connectivity index (χ1) is 31.8. The number of nitrogens with zero attached hydrogens (tertiary/aromatic N) is 2. The van der Waals surface area contributed by atoms with Gasteiger partial charge in [-0.05, 0) is 127 Å². The van der Waals surface area contributed by atoms with E-state index in [1.54, 1.807) is 0 Å². The molecule has 2 nitrogen and oxygen atoms in total. The Morgan fingerprint density at radius 3 is 1.11 bits per heavy atom. The van der Waals surface area contributed by atoms with Crippen LogP contribution in [0.15, 0.2) is 243 Å². The van der Waals surface area contributed by atoms with Crippen molar-refractivity contribution in [3.05, 3.63) is 243 Å². The molecule has 0 spiro atoms. The smallest absolute Gasteiger partial charge is 0.0541 e. The van der Waals surface area contributed by atoms with E-state index in [1.807, 2.05) is 0 Å². The lowest BCUT2D eigenvalue weighted by Gasteiger charge is -2.20. The van der Waals surface area contributed by atoms with E-state index in [0.29, 0.717) is 0 Å². The number of benzene rings is 11. The van der Waals surface area contributed by atoms with Crippen molar-refractivity contribution in [2.24, 2.45) is 0 Å². The van der Waals surface area contributed by atoms with Gasteiger partial charge in [0.05, 0.1) is 22.1 Å². The molecule has 2 aromatic heterocycles. The molecule has 13 rings (SSSR count). The highest BCUT2D eigenvalue weighted by molar-refractivity contribution is 6.22. The van der Waals surface area contributed by atoms with Crippen LogP contribution in [0.2, 0.25) is 0 Å². The van der Waals surface area contributed by atoms with E-state index >= 15 is 0 Å². The number of hydrogen-bond donors (Lipinski definition) is 0. The first-order valence-electron chi connectivity index (χ1n) is 22.1. The summed E-state index contributed by atoms with van der Waals surface area (Å²) in [6, 6.07) is 88.9. The van der Waals surface area contributed by atoms with Gasteiger partial charge >= 0.3 is 0 Å². The number of rotatable bonds is 6. The minimum atomic E-state index is 1.14. The SMILES string of the molecule is c1ccc(-c2ccccc2-c2c3ccccc3c(-c3ccc(-n4c5ccccc5c5cc(-c6ccc7c(c6)c6ccccc6n7-c6ccccc6)ccc54)cc3)c3ccccc23)cc1. The lowest BCUT2D eigenvalue weighted by atomic mass is 9.84. The summed E-state index contributed by atoms with van der Waals surface area (Å²) in [4.78, 5) is 0. The summed E-state index contributed by atoms with van der Waals surface area (Å²) in [5.74, 6) is 0. The first-order valence-corrected chi connectivity index (χ1v) is 22.1. The second-order valence-electron chi connectivity index (χ2n) is 16.8. The minimum absolute atomic E-state index is 1.14. The number of para-hydroxylation sites is 3. The molecule has 0 amide bonds. The summed E-state index contributed by atoms with van der Waals surface area (Å²) >= 11 is 0. The average molecular weight is 813 g/mol. The van der Waals surface area contributed by atoms with Crippen LogP contribution < -0.4 is 0 Å². The third kappa shape index (κ3) is 5.59. The van der Waals surface area contributed by atoms with Crippen LogP contribution in [-0.2, 0) is 0 Å². The van der Waals surface area contributed by atoms with Crippen LogP contribution in [0.3, 0.4) is 0 Å². The molecule has 0 aliphatic heterocycles. The largest absolute Gasteiger partial charge is 0.309 e. The molecule has 0 aliphatic rings. The van der Waals surface area contributed by atoms with Crippen molar-refractivity contribution in [3.8, 4) is 55.9 Å². The Kier molecular flexibility index (Phi) is 8.25. The van der Waals surface area contributed by atoms with Gasteiger partial charge in [0.2, 0.25) is 0 Å². The fourth-order valence-corrected chi connectivity index (χ4v) is 10.5. The summed E-state index contributed by atoms with van der Waals surface area (Å²) < 4.78 is 4.80. The van der Waals surface area contributed by atoms with Gasteiger partial charge < -0.3 is 9.13 Å². The van der Waals surface area contributed by atoms with E-state index in [2.05, 4.69) is 252 Å². The Morgan fingerprint density at radius 2 is 0.578 bits per heavy atom. The Labute approximate surface area is 371 Å². The number of aromatic nitrogens is 2. The van der Waals surface area contributed by atoms with Crippen LogP contribution in [0.25, 0.3) is 121 Å². The Morgan fingerprint density at radius 1 is 0.203 bits per heavy atom. The van der Waals surface area contributed by atoms with Crippen LogP contribution >= 0.6 is 0 Å². The third-order valence-corrected chi connectivity index (χ3v) is 13.3. The fourth-order valence-electron chi connectivity index (χ4n) is 10.5. The van der Waals surface area contributed by atoms with E-state index in [0.717, 1.165) is 5.69 Å². The van der Waals surface area contributed by atoms with Crippen LogP contribution in [0.1, 0.15) is 0 Å². The quantitative estimate of drug-likeness (QED) is 0.148. The first kappa shape index (κ1) is 36.2. The Hall–Kier alpha value is -8.46. The zero-order valence-corrected chi connectivity index (χ0v) is 35.0. The fraction of sp³-hybridized carbons (Fsp3) is 0. The standard InChI is InChI=1S/C62H40N2/c1-3-17-41(18-4-1)47-21-7-8-24-50(47)62-53-27-11-9-25-51(53)61(52-26-10-12-28-54(52)62)42-31-35-46(36-32-42)64-58-30-16-14-23-49(58)56-40-44(34-38-60(56)64)43-33-37-59-55(39-43)48-22-13-15-29-57(48)63(59)45-19-5-2-6-20-45/h1-40H. The molecule has 64 heavy (non-hydrogen) atoms. The zero-order valence-electron chi connectivity index (χ0n) is 35.0. The molecular weight excluding hydrogens is 773 g/mol. The van der Waals surface area contributed by atoms with E-state index in [1.165, 1.54) is 115 Å². The molecule has 0 aliphatic carbocycles. The molecule has 2 heterocycles. The van der Waals surface area contributed by atoms with Crippen molar-refractivity contribution in [2.75, 3.05) is 0 Å². The van der Waals surface area contributed by atoms with Gasteiger partial charge in [0.25, 0.3) is 0 Å². The van der Waals surface area contributed by atoms with Gasteiger partial charge in [0, 0.05) is 32.9 Å². The van der Waals surface area contributed by atoms with E-state index < -0.39 is 0 Å². The maximum Gasteiger partial charge on any atom is 0.0541 e. The predicted octanol–water partition coefficient (Wildman–Crippen LogP) is 16.9. The maximum absolute atomic E-state index is 2.43. The van der Waals surface area contributed by atoms with Gasteiger partial charge in [0.1, 0.15) is 0 Å². The molecule has 0 atom stereocenters. The summed E-state index contributed by atoms with van der Waals surface area (Å²) in [7, 11) is 0. The van der Waals surface area contributed by atoms with Crippen molar-refractivity contribution < 1.29 is 0 Å². The molecule has 13 aromatic rings. The summed E-state index contributed by atoms with van der Waals surface area (Å²) in [6.07, 6.45) is 0. The molecule has 0 saturated heterocycles. The van der Waals surface area contributed by atoms with E-state index in [4.69, 9.17) is 0 Å². The highest BCUT2D eigenvalue weighted by Gasteiger charge is 2.20. The second kappa shape index (κ2) is 14.6. The van der Waals surface area contributed by atoms with Crippen molar-refractivity contribution in [1.82, 2.24) is 9.13 Å². The third-order valence-electron chi connectivity index (χ3n) is 13.3. The van der Waals surface area contributed by atoms with Crippen LogP contribution in [-0.4, -0.2) is 9.13 Å². The van der Waals surface area contributed by atoms with Crippen LogP contribution in [0, 0.1) is 0 Å². The monoisotopic (exact) mass is 812 g/mol. The van der Waals surface area contributed by atoms with Gasteiger partial charge in [0.15, 0.2) is 0 Å². The molecule has 0 bridgehead atoms. The van der Waals surface area contributed by atoms with E-state index in [-0.39, 0.29) is 0 Å². The molecule has 0 N–H and O–H groups in total. The minimum Gasteiger partial charge on any atom is -0.309 e. The highest BCUT2D eigenvalue weighted by atomic mass is 15.0. The van der Waals surface area contributed by atoms with Crippen molar-refractivity contribution >= 4 is 65.2 Å².